The van der Waals surface area contributed by atoms with Crippen LogP contribution in [0, 0.1) is 0 Å². The lowest BCUT2D eigenvalue weighted by Crippen LogP contribution is -2.11. The number of ether oxygens (including phenoxy) is 1. The van der Waals surface area contributed by atoms with Gasteiger partial charge in [-0.2, -0.15) is 8.42 Å². The first kappa shape index (κ1) is 24.9. The molecule has 0 aromatic heterocycles. The molecule has 0 aliphatic heterocycles. The summed E-state index contributed by atoms with van der Waals surface area (Å²) in [4.78, 5) is 0. The van der Waals surface area contributed by atoms with E-state index in [-0.39, 0.29) is 12.4 Å². The van der Waals surface area contributed by atoms with Gasteiger partial charge in [-0.05, 0) is 6.42 Å². The quantitative estimate of drug-likeness (QED) is 0.204. The van der Waals surface area contributed by atoms with Crippen LogP contribution in [0.25, 0.3) is 0 Å². The molecular formula is C20H42O4S. The average molecular weight is 379 g/mol. The maximum Gasteiger partial charge on any atom is 0.267 e. The molecule has 152 valence electrons. The maximum absolute atomic E-state index is 10.5. The van der Waals surface area contributed by atoms with E-state index in [0.29, 0.717) is 6.61 Å². The maximum atomic E-state index is 10.5. The zero-order chi connectivity index (χ0) is 18.6. The van der Waals surface area contributed by atoms with Crippen LogP contribution < -0.4 is 0 Å². The van der Waals surface area contributed by atoms with Crippen molar-refractivity contribution in [3.05, 3.63) is 0 Å². The standard InChI is InChI=1S/C20H42O4S/c1-2-3-4-5-6-7-8-9-10-11-12-13-14-15-16-17-18-24-19-20-25(21,22)23/h2-20H2,1H3,(H,21,22,23). The van der Waals surface area contributed by atoms with Gasteiger partial charge in [-0.25, -0.2) is 0 Å². The molecule has 0 aromatic carbocycles. The molecule has 25 heavy (non-hydrogen) atoms. The van der Waals surface area contributed by atoms with Crippen molar-refractivity contribution in [1.82, 2.24) is 0 Å². The monoisotopic (exact) mass is 378 g/mol. The van der Waals surface area contributed by atoms with Crippen molar-refractivity contribution in [1.29, 1.82) is 0 Å². The first-order valence-corrected chi connectivity index (χ1v) is 12.2. The van der Waals surface area contributed by atoms with E-state index >= 15 is 0 Å². The van der Waals surface area contributed by atoms with Gasteiger partial charge in [0.1, 0.15) is 0 Å². The molecule has 0 amide bonds. The van der Waals surface area contributed by atoms with Crippen LogP contribution in [0.15, 0.2) is 0 Å². The molecule has 0 aromatic rings. The highest BCUT2D eigenvalue weighted by Crippen LogP contribution is 2.13. The number of rotatable bonds is 20. The Bertz CT molecular complexity index is 355. The molecule has 0 saturated carbocycles. The first-order chi connectivity index (χ1) is 12.1. The molecule has 0 atom stereocenters. The third-order valence-electron chi connectivity index (χ3n) is 4.63. The Kier molecular flexibility index (Phi) is 18.6. The molecule has 0 aliphatic carbocycles. The summed E-state index contributed by atoms with van der Waals surface area (Å²) in [6, 6.07) is 0. The summed E-state index contributed by atoms with van der Waals surface area (Å²) < 4.78 is 34.7. The summed E-state index contributed by atoms with van der Waals surface area (Å²) in [5.41, 5.74) is 0. The second kappa shape index (κ2) is 18.7. The summed E-state index contributed by atoms with van der Waals surface area (Å²) in [6.07, 6.45) is 21.4. The Morgan fingerprint density at radius 1 is 0.600 bits per heavy atom. The molecule has 5 heteroatoms. The fourth-order valence-electron chi connectivity index (χ4n) is 3.02. The van der Waals surface area contributed by atoms with Gasteiger partial charge in [0.05, 0.1) is 12.4 Å². The van der Waals surface area contributed by atoms with Crippen LogP contribution in [0.5, 0.6) is 0 Å². The molecule has 0 heterocycles. The van der Waals surface area contributed by atoms with E-state index < -0.39 is 10.1 Å². The topological polar surface area (TPSA) is 63.6 Å². The van der Waals surface area contributed by atoms with Crippen molar-refractivity contribution in [3.8, 4) is 0 Å². The highest BCUT2D eigenvalue weighted by molar-refractivity contribution is 7.85. The highest BCUT2D eigenvalue weighted by atomic mass is 32.2. The smallest absolute Gasteiger partial charge is 0.267 e. The summed E-state index contributed by atoms with van der Waals surface area (Å²) in [7, 11) is -3.87. The molecule has 0 saturated heterocycles. The van der Waals surface area contributed by atoms with Gasteiger partial charge in [-0.3, -0.25) is 4.55 Å². The van der Waals surface area contributed by atoms with Gasteiger partial charge in [-0.1, -0.05) is 103 Å². The van der Waals surface area contributed by atoms with Crippen LogP contribution in [0.2, 0.25) is 0 Å². The molecule has 0 spiro atoms. The highest BCUT2D eigenvalue weighted by Gasteiger charge is 2.03. The second-order valence-corrected chi connectivity index (χ2v) is 8.77. The predicted molar refractivity (Wildman–Crippen MR) is 107 cm³/mol. The SMILES string of the molecule is CCCCCCCCCCCCCCCCCCOCCS(=O)(=O)O. The van der Waals surface area contributed by atoms with E-state index in [9.17, 15) is 8.42 Å². The molecule has 0 aliphatic rings. The number of hydrogen-bond donors (Lipinski definition) is 1. The van der Waals surface area contributed by atoms with Gasteiger partial charge in [0.2, 0.25) is 0 Å². The Balaban J connectivity index is 3.03. The van der Waals surface area contributed by atoms with E-state index in [4.69, 9.17) is 9.29 Å². The molecule has 1 N–H and O–H groups in total. The normalized spacial score (nSPS) is 11.9. The zero-order valence-corrected chi connectivity index (χ0v) is 17.3. The van der Waals surface area contributed by atoms with Crippen LogP contribution in [0.1, 0.15) is 110 Å². The second-order valence-electron chi connectivity index (χ2n) is 7.20. The van der Waals surface area contributed by atoms with Crippen LogP contribution in [-0.4, -0.2) is 31.9 Å². The van der Waals surface area contributed by atoms with Crippen LogP contribution in [0.3, 0.4) is 0 Å². The van der Waals surface area contributed by atoms with Crippen molar-refractivity contribution >= 4 is 10.1 Å². The third-order valence-corrected chi connectivity index (χ3v) is 5.31. The lowest BCUT2D eigenvalue weighted by molar-refractivity contribution is 0.143. The third kappa shape index (κ3) is 23.9. The zero-order valence-electron chi connectivity index (χ0n) is 16.5. The van der Waals surface area contributed by atoms with E-state index in [0.717, 1.165) is 12.8 Å². The van der Waals surface area contributed by atoms with E-state index in [2.05, 4.69) is 6.92 Å². The van der Waals surface area contributed by atoms with Crippen molar-refractivity contribution in [2.75, 3.05) is 19.0 Å². The number of unbranched alkanes of at least 4 members (excludes halogenated alkanes) is 15. The molecule has 4 nitrogen and oxygen atoms in total. The minimum Gasteiger partial charge on any atom is -0.380 e. The Morgan fingerprint density at radius 2 is 0.960 bits per heavy atom. The van der Waals surface area contributed by atoms with Crippen molar-refractivity contribution in [2.45, 2.75) is 110 Å². The molecule has 0 unspecified atom stereocenters. The van der Waals surface area contributed by atoms with Crippen molar-refractivity contribution in [3.63, 3.8) is 0 Å². The Hall–Kier alpha value is -0.130. The molecule has 0 rings (SSSR count). The Labute approximate surface area is 156 Å². The molecule has 0 bridgehead atoms. The lowest BCUT2D eigenvalue weighted by Gasteiger charge is -2.04. The largest absolute Gasteiger partial charge is 0.380 e. The van der Waals surface area contributed by atoms with Crippen LogP contribution >= 0.6 is 0 Å². The van der Waals surface area contributed by atoms with Gasteiger partial charge in [0.15, 0.2) is 0 Å². The van der Waals surface area contributed by atoms with Gasteiger partial charge in [-0.15, -0.1) is 0 Å². The van der Waals surface area contributed by atoms with E-state index in [1.807, 2.05) is 0 Å². The summed E-state index contributed by atoms with van der Waals surface area (Å²) >= 11 is 0. The Morgan fingerprint density at radius 3 is 1.32 bits per heavy atom. The fraction of sp³-hybridized carbons (Fsp3) is 1.00. The molecule has 0 radical (unpaired) electrons. The fourth-order valence-corrected chi connectivity index (χ4v) is 3.35. The van der Waals surface area contributed by atoms with E-state index in [1.54, 1.807) is 0 Å². The average Bonchev–Trinajstić information content (AvgIpc) is 2.56. The van der Waals surface area contributed by atoms with Gasteiger partial charge >= 0.3 is 0 Å². The number of hydrogen-bond acceptors (Lipinski definition) is 3. The molecular weight excluding hydrogens is 336 g/mol. The van der Waals surface area contributed by atoms with Gasteiger partial charge in [0, 0.05) is 6.61 Å². The summed E-state index contributed by atoms with van der Waals surface area (Å²) in [6.45, 7) is 2.96. The molecule has 0 fully saturated rings. The van der Waals surface area contributed by atoms with Crippen LogP contribution in [-0.2, 0) is 14.9 Å². The summed E-state index contributed by atoms with van der Waals surface area (Å²) in [5.74, 6) is -0.300. The first-order valence-electron chi connectivity index (χ1n) is 10.6. The minimum atomic E-state index is -3.87. The lowest BCUT2D eigenvalue weighted by atomic mass is 10.0. The summed E-state index contributed by atoms with van der Waals surface area (Å²) in [5, 5.41) is 0. The van der Waals surface area contributed by atoms with Crippen molar-refractivity contribution < 1.29 is 17.7 Å². The minimum absolute atomic E-state index is 0.0948. The van der Waals surface area contributed by atoms with Gasteiger partial charge in [0.25, 0.3) is 10.1 Å². The van der Waals surface area contributed by atoms with E-state index in [1.165, 1.54) is 89.9 Å². The van der Waals surface area contributed by atoms with Crippen molar-refractivity contribution in [2.24, 2.45) is 0 Å². The predicted octanol–water partition coefficient (Wildman–Crippen LogP) is 6.15. The van der Waals surface area contributed by atoms with Gasteiger partial charge < -0.3 is 4.74 Å². The van der Waals surface area contributed by atoms with Crippen LogP contribution in [0.4, 0.5) is 0 Å².